The second-order valence-electron chi connectivity index (χ2n) is 7.64. The molecule has 1 N–H and O–H groups in total. The first-order chi connectivity index (χ1) is 14.7. The number of phenolic OH excluding ortho intramolecular Hbond substituents is 1. The van der Waals surface area contributed by atoms with Crippen LogP contribution in [0.5, 0.6) is 11.5 Å². The number of hydrogen-bond acceptors (Lipinski definition) is 4. The van der Waals surface area contributed by atoms with Gasteiger partial charge in [-0.25, -0.2) is 0 Å². The molecule has 30 heavy (non-hydrogen) atoms. The van der Waals surface area contributed by atoms with Crippen LogP contribution in [0.3, 0.4) is 0 Å². The van der Waals surface area contributed by atoms with Gasteiger partial charge in [0.25, 0.3) is 0 Å². The highest BCUT2D eigenvalue weighted by atomic mass is 16.5. The van der Waals surface area contributed by atoms with Crippen LogP contribution in [0, 0.1) is 0 Å². The first kappa shape index (κ1) is 25.8. The predicted molar refractivity (Wildman–Crippen MR) is 125 cm³/mol. The third-order valence-electron chi connectivity index (χ3n) is 5.00. The van der Waals surface area contributed by atoms with Crippen LogP contribution in [0.15, 0.2) is 36.4 Å². The van der Waals surface area contributed by atoms with E-state index >= 15 is 0 Å². The summed E-state index contributed by atoms with van der Waals surface area (Å²) in [5.41, 5.74) is 0.879. The van der Waals surface area contributed by atoms with E-state index in [0.29, 0.717) is 12.2 Å². The fourth-order valence-corrected chi connectivity index (χ4v) is 3.18. The fraction of sp³-hybridized carbons (Fsp3) is 0.577. The average Bonchev–Trinajstić information content (AvgIpc) is 2.75. The van der Waals surface area contributed by atoms with Crippen molar-refractivity contribution < 1.29 is 19.4 Å². The smallest absolute Gasteiger partial charge is 0.306 e. The lowest BCUT2D eigenvalue weighted by molar-refractivity contribution is -0.142. The Balaban J connectivity index is 1.99. The number of carbonyl (C=O) groups excluding carboxylic acids is 1. The van der Waals surface area contributed by atoms with Crippen LogP contribution in [0.1, 0.15) is 89.5 Å². The molecule has 0 bridgehead atoms. The number of benzene rings is 1. The Bertz CT molecular complexity index is 634. The first-order valence-electron chi connectivity index (χ1n) is 11.5. The summed E-state index contributed by atoms with van der Waals surface area (Å²) in [7, 11) is 1.51. The number of methoxy groups -OCH3 is 1. The van der Waals surface area contributed by atoms with Crippen LogP contribution in [0.2, 0.25) is 0 Å². The van der Waals surface area contributed by atoms with Crippen molar-refractivity contribution in [3.63, 3.8) is 0 Å². The number of ether oxygens (including phenoxy) is 2. The molecule has 1 aromatic rings. The molecule has 0 saturated carbocycles. The SMILES string of the molecule is CCCCCCCCC/C=C\CCCCC(=O)OC/C=C/c1ccc(O)c(OC)c1. The summed E-state index contributed by atoms with van der Waals surface area (Å²) in [6.07, 6.45) is 22.2. The number of allylic oxidation sites excluding steroid dienone is 2. The maximum absolute atomic E-state index is 11.8. The van der Waals surface area contributed by atoms with Gasteiger partial charge in [-0.1, -0.05) is 69.7 Å². The molecule has 0 saturated heterocycles. The Morgan fingerprint density at radius 1 is 0.933 bits per heavy atom. The molecule has 0 aliphatic rings. The zero-order valence-electron chi connectivity index (χ0n) is 18.9. The summed E-state index contributed by atoms with van der Waals surface area (Å²) in [4.78, 5) is 11.8. The standard InChI is InChI=1S/C26H40O4/c1-3-4-5-6-7-8-9-10-11-12-13-14-15-18-26(28)30-21-16-17-23-19-20-24(27)25(22-23)29-2/h11-12,16-17,19-20,22,27H,3-10,13-15,18,21H2,1-2H3/b12-11-,17-16+. The lowest BCUT2D eigenvalue weighted by atomic mass is 10.1. The third kappa shape index (κ3) is 13.1. The second-order valence-corrected chi connectivity index (χ2v) is 7.64. The van der Waals surface area contributed by atoms with Crippen LogP contribution < -0.4 is 4.74 Å². The van der Waals surface area contributed by atoms with Crippen LogP contribution in [0.4, 0.5) is 0 Å². The molecule has 1 aromatic carbocycles. The zero-order valence-corrected chi connectivity index (χ0v) is 18.9. The van der Waals surface area contributed by atoms with Crippen molar-refractivity contribution in [3.8, 4) is 11.5 Å². The monoisotopic (exact) mass is 416 g/mol. The van der Waals surface area contributed by atoms with E-state index in [4.69, 9.17) is 9.47 Å². The van der Waals surface area contributed by atoms with Gasteiger partial charge in [-0.3, -0.25) is 4.79 Å². The normalized spacial score (nSPS) is 11.4. The first-order valence-corrected chi connectivity index (χ1v) is 11.5. The molecule has 0 radical (unpaired) electrons. The Hall–Kier alpha value is -2.23. The summed E-state index contributed by atoms with van der Waals surface area (Å²) < 4.78 is 10.3. The molecule has 1 rings (SSSR count). The van der Waals surface area contributed by atoms with Gasteiger partial charge in [-0.2, -0.15) is 0 Å². The number of esters is 1. The van der Waals surface area contributed by atoms with Gasteiger partial charge >= 0.3 is 5.97 Å². The van der Waals surface area contributed by atoms with E-state index in [1.54, 1.807) is 24.3 Å². The van der Waals surface area contributed by atoms with Crippen molar-refractivity contribution in [2.45, 2.75) is 84.0 Å². The molecule has 4 heteroatoms. The van der Waals surface area contributed by atoms with Crippen molar-refractivity contribution in [1.82, 2.24) is 0 Å². The molecule has 168 valence electrons. The fourth-order valence-electron chi connectivity index (χ4n) is 3.18. The van der Waals surface area contributed by atoms with E-state index in [2.05, 4.69) is 19.1 Å². The third-order valence-corrected chi connectivity index (χ3v) is 5.00. The predicted octanol–water partition coefficient (Wildman–Crippen LogP) is 7.21. The van der Waals surface area contributed by atoms with Crippen molar-refractivity contribution in [1.29, 1.82) is 0 Å². The minimum atomic E-state index is -0.157. The molecule has 0 heterocycles. The van der Waals surface area contributed by atoms with E-state index in [-0.39, 0.29) is 18.3 Å². The van der Waals surface area contributed by atoms with Crippen LogP contribution >= 0.6 is 0 Å². The molecule has 0 aliphatic heterocycles. The zero-order chi connectivity index (χ0) is 21.9. The van der Waals surface area contributed by atoms with Crippen LogP contribution in [-0.4, -0.2) is 24.8 Å². The molecule has 4 nitrogen and oxygen atoms in total. The molecule has 0 aromatic heterocycles. The van der Waals surface area contributed by atoms with Gasteiger partial charge in [0.15, 0.2) is 11.5 Å². The highest BCUT2D eigenvalue weighted by molar-refractivity contribution is 5.69. The topological polar surface area (TPSA) is 55.8 Å². The maximum Gasteiger partial charge on any atom is 0.306 e. The molecular formula is C26H40O4. The lowest BCUT2D eigenvalue weighted by Gasteiger charge is -2.04. The minimum absolute atomic E-state index is 0.105. The van der Waals surface area contributed by atoms with Gasteiger partial charge in [0.2, 0.25) is 0 Å². The molecule has 0 spiro atoms. The van der Waals surface area contributed by atoms with Gasteiger partial charge in [-0.05, 0) is 55.9 Å². The van der Waals surface area contributed by atoms with Crippen LogP contribution in [0.25, 0.3) is 6.08 Å². The quantitative estimate of drug-likeness (QED) is 0.165. The van der Waals surface area contributed by atoms with Gasteiger partial charge in [-0.15, -0.1) is 0 Å². The van der Waals surface area contributed by atoms with Crippen molar-refractivity contribution >= 4 is 12.0 Å². The van der Waals surface area contributed by atoms with Crippen molar-refractivity contribution in [2.75, 3.05) is 13.7 Å². The largest absolute Gasteiger partial charge is 0.504 e. The molecule has 0 unspecified atom stereocenters. The highest BCUT2D eigenvalue weighted by Gasteiger charge is 2.02. The van der Waals surface area contributed by atoms with Gasteiger partial charge in [0.05, 0.1) is 7.11 Å². The second kappa shape index (κ2) is 17.6. The van der Waals surface area contributed by atoms with E-state index in [1.807, 2.05) is 6.08 Å². The number of unbranched alkanes of at least 4 members (excludes halogenated alkanes) is 9. The molecule has 0 atom stereocenters. The molecule has 0 aliphatic carbocycles. The average molecular weight is 417 g/mol. The van der Waals surface area contributed by atoms with Gasteiger partial charge in [0.1, 0.15) is 6.61 Å². The van der Waals surface area contributed by atoms with Gasteiger partial charge < -0.3 is 14.6 Å². The summed E-state index contributed by atoms with van der Waals surface area (Å²) in [6.45, 7) is 2.50. The Kier molecular flexibility index (Phi) is 15.2. The summed E-state index contributed by atoms with van der Waals surface area (Å²) in [5.74, 6) is 0.370. The number of rotatable bonds is 17. The maximum atomic E-state index is 11.8. The van der Waals surface area contributed by atoms with E-state index in [9.17, 15) is 9.90 Å². The van der Waals surface area contributed by atoms with Crippen molar-refractivity contribution in [3.05, 3.63) is 42.0 Å². The van der Waals surface area contributed by atoms with Crippen molar-refractivity contribution in [2.24, 2.45) is 0 Å². The molecular weight excluding hydrogens is 376 g/mol. The van der Waals surface area contributed by atoms with E-state index in [0.717, 1.165) is 24.8 Å². The summed E-state index contributed by atoms with van der Waals surface area (Å²) in [6, 6.07) is 5.08. The molecule has 0 fully saturated rings. The lowest BCUT2D eigenvalue weighted by Crippen LogP contribution is -2.03. The number of hydrogen-bond donors (Lipinski definition) is 1. The number of aromatic hydroxyl groups is 1. The number of carbonyl (C=O) groups is 1. The number of phenols is 1. The Morgan fingerprint density at radius 2 is 1.60 bits per heavy atom. The molecule has 0 amide bonds. The summed E-state index contributed by atoms with van der Waals surface area (Å²) in [5, 5.41) is 9.57. The van der Waals surface area contributed by atoms with Gasteiger partial charge in [0, 0.05) is 6.42 Å². The Morgan fingerprint density at radius 3 is 2.30 bits per heavy atom. The van der Waals surface area contributed by atoms with Crippen LogP contribution in [-0.2, 0) is 9.53 Å². The van der Waals surface area contributed by atoms with E-state index < -0.39 is 0 Å². The minimum Gasteiger partial charge on any atom is -0.504 e. The summed E-state index contributed by atoms with van der Waals surface area (Å²) >= 11 is 0. The Labute approximate surface area is 183 Å². The van der Waals surface area contributed by atoms with E-state index in [1.165, 1.54) is 58.5 Å². The highest BCUT2D eigenvalue weighted by Crippen LogP contribution is 2.26.